The Kier molecular flexibility index (Phi) is 12.3. The first-order valence-corrected chi connectivity index (χ1v) is 25.1. The summed E-state index contributed by atoms with van der Waals surface area (Å²) >= 11 is 0. The molecule has 12 rings (SSSR count). The molecule has 0 bridgehead atoms. The molecule has 9 aromatic rings. The summed E-state index contributed by atoms with van der Waals surface area (Å²) in [4.78, 5) is 9.48. The standard InChI is InChI=1S/C68H54N4/c1-5-23-55(24-6-1)69(61-43-47-63(48-44-61)71(57-27-9-3-10-28-57)67-33-17-21-53-19-13-15-31-65(53)67)59-39-35-51(36-40-59)52-37-41-60(42-38-52)70(56-25-7-2-8-26-56)62-45-49-64(50-46-62)72(58-29-11-4-12-30-58)68-34-18-22-54-20-14-16-32-66(54)68/h1-19,21-37,39-50,52,54H,20,38H2. The molecule has 72 heavy (non-hydrogen) atoms. The highest BCUT2D eigenvalue weighted by Gasteiger charge is 2.26. The van der Waals surface area contributed by atoms with E-state index in [1.54, 1.807) is 0 Å². The van der Waals surface area contributed by atoms with Crippen molar-refractivity contribution in [1.82, 2.24) is 0 Å². The molecule has 4 heteroatoms. The van der Waals surface area contributed by atoms with Crippen molar-refractivity contribution in [3.05, 3.63) is 314 Å². The van der Waals surface area contributed by atoms with Crippen LogP contribution in [-0.4, -0.2) is 0 Å². The van der Waals surface area contributed by atoms with Gasteiger partial charge in [0.25, 0.3) is 0 Å². The number of fused-ring (bicyclic) bond motifs is 2. The van der Waals surface area contributed by atoms with Gasteiger partial charge < -0.3 is 19.6 Å². The molecule has 9 aromatic carbocycles. The van der Waals surface area contributed by atoms with Gasteiger partial charge in [-0.15, -0.1) is 0 Å². The van der Waals surface area contributed by atoms with Crippen molar-refractivity contribution >= 4 is 67.6 Å². The lowest BCUT2D eigenvalue weighted by atomic mass is 9.85. The molecule has 0 aliphatic heterocycles. The first-order chi connectivity index (χ1) is 35.7. The number of para-hydroxylation sites is 4. The van der Waals surface area contributed by atoms with E-state index in [2.05, 4.69) is 311 Å². The van der Waals surface area contributed by atoms with Crippen LogP contribution in [0.4, 0.5) is 56.9 Å². The molecule has 4 nitrogen and oxygen atoms in total. The van der Waals surface area contributed by atoms with Crippen molar-refractivity contribution in [1.29, 1.82) is 0 Å². The SMILES string of the molecule is C1=CCC2C=CC=C(N(c3ccccc3)c3ccc(N(C4=CCC(c5ccc(N(c6ccccc6)c6ccc(N(c7ccccc7)c7cccc8ccccc78)cc6)cc5)C=C4)c4ccccc4)cc3)C2=C1. The fraction of sp³-hybridized carbons (Fsp3) is 0.0588. The first-order valence-electron chi connectivity index (χ1n) is 25.1. The van der Waals surface area contributed by atoms with Gasteiger partial charge in [0.15, 0.2) is 0 Å². The van der Waals surface area contributed by atoms with Crippen LogP contribution < -0.4 is 19.6 Å². The van der Waals surface area contributed by atoms with E-state index in [0.717, 1.165) is 75.4 Å². The molecule has 3 aliphatic carbocycles. The third-order valence-corrected chi connectivity index (χ3v) is 14.1. The molecule has 0 saturated heterocycles. The van der Waals surface area contributed by atoms with Gasteiger partial charge in [0.2, 0.25) is 0 Å². The second kappa shape index (κ2) is 20.1. The molecule has 0 spiro atoms. The quantitative estimate of drug-likeness (QED) is 0.114. The van der Waals surface area contributed by atoms with Gasteiger partial charge >= 0.3 is 0 Å². The molecule has 0 saturated carbocycles. The van der Waals surface area contributed by atoms with E-state index in [4.69, 9.17) is 0 Å². The normalized spacial score (nSPS) is 15.8. The fourth-order valence-electron chi connectivity index (χ4n) is 10.5. The lowest BCUT2D eigenvalue weighted by Gasteiger charge is -2.34. The number of rotatable bonds is 13. The number of allylic oxidation sites excluding steroid dienone is 10. The topological polar surface area (TPSA) is 13.0 Å². The Morgan fingerprint density at radius 1 is 0.333 bits per heavy atom. The molecule has 0 aromatic heterocycles. The van der Waals surface area contributed by atoms with Gasteiger partial charge in [0.1, 0.15) is 0 Å². The lowest BCUT2D eigenvalue weighted by molar-refractivity contribution is 0.758. The highest BCUT2D eigenvalue weighted by molar-refractivity contribution is 5.99. The van der Waals surface area contributed by atoms with Crippen molar-refractivity contribution in [3.63, 3.8) is 0 Å². The average molecular weight is 927 g/mol. The Balaban J connectivity index is 0.813. The molecule has 2 atom stereocenters. The maximum Gasteiger partial charge on any atom is 0.0540 e. The van der Waals surface area contributed by atoms with E-state index in [0.29, 0.717) is 5.92 Å². The Labute approximate surface area is 423 Å². The molecule has 3 aliphatic rings. The van der Waals surface area contributed by atoms with Crippen LogP contribution in [0.3, 0.4) is 0 Å². The molecule has 0 radical (unpaired) electrons. The van der Waals surface area contributed by atoms with Crippen LogP contribution >= 0.6 is 0 Å². The number of nitrogens with zero attached hydrogens (tertiary/aromatic N) is 4. The predicted molar refractivity (Wildman–Crippen MR) is 304 cm³/mol. The summed E-state index contributed by atoms with van der Waals surface area (Å²) in [7, 11) is 0. The van der Waals surface area contributed by atoms with E-state index < -0.39 is 0 Å². The third kappa shape index (κ3) is 8.87. The summed E-state index contributed by atoms with van der Waals surface area (Å²) in [5.74, 6) is 0.629. The first kappa shape index (κ1) is 44.1. The second-order valence-corrected chi connectivity index (χ2v) is 18.5. The molecule has 2 unspecified atom stereocenters. The van der Waals surface area contributed by atoms with Gasteiger partial charge in [0.05, 0.1) is 5.69 Å². The highest BCUT2D eigenvalue weighted by Crippen LogP contribution is 2.44. The minimum atomic E-state index is 0.246. The summed E-state index contributed by atoms with van der Waals surface area (Å²) in [5.41, 5.74) is 16.2. The highest BCUT2D eigenvalue weighted by atomic mass is 15.2. The number of anilines is 10. The van der Waals surface area contributed by atoms with Crippen molar-refractivity contribution in [2.75, 3.05) is 19.6 Å². The number of hydrogen-bond donors (Lipinski definition) is 0. The third-order valence-electron chi connectivity index (χ3n) is 14.1. The summed E-state index contributed by atoms with van der Waals surface area (Å²) in [6.45, 7) is 0. The van der Waals surface area contributed by atoms with Crippen LogP contribution in [0.5, 0.6) is 0 Å². The van der Waals surface area contributed by atoms with Gasteiger partial charge in [0, 0.05) is 79.8 Å². The zero-order valence-corrected chi connectivity index (χ0v) is 40.1. The Morgan fingerprint density at radius 2 is 0.806 bits per heavy atom. The smallest absolute Gasteiger partial charge is 0.0540 e. The molecule has 0 N–H and O–H groups in total. The van der Waals surface area contributed by atoms with Crippen LogP contribution in [0.1, 0.15) is 24.3 Å². The van der Waals surface area contributed by atoms with Gasteiger partial charge in [-0.05, 0) is 157 Å². The maximum atomic E-state index is 2.40. The molecule has 0 heterocycles. The van der Waals surface area contributed by atoms with Gasteiger partial charge in [-0.2, -0.15) is 0 Å². The van der Waals surface area contributed by atoms with Gasteiger partial charge in [-0.1, -0.05) is 164 Å². The predicted octanol–water partition coefficient (Wildman–Crippen LogP) is 18.6. The summed E-state index contributed by atoms with van der Waals surface area (Å²) in [6, 6.07) is 85.1. The fourth-order valence-corrected chi connectivity index (χ4v) is 10.5. The Bertz CT molecular complexity index is 3500. The van der Waals surface area contributed by atoms with Crippen LogP contribution in [0.2, 0.25) is 0 Å². The zero-order valence-electron chi connectivity index (χ0n) is 40.1. The van der Waals surface area contributed by atoms with Crippen molar-refractivity contribution in [2.24, 2.45) is 5.92 Å². The summed E-state index contributed by atoms with van der Waals surface area (Å²) in [6.07, 6.45) is 22.5. The van der Waals surface area contributed by atoms with E-state index in [-0.39, 0.29) is 5.92 Å². The van der Waals surface area contributed by atoms with Crippen molar-refractivity contribution in [3.8, 4) is 0 Å². The van der Waals surface area contributed by atoms with Crippen LogP contribution in [0.15, 0.2) is 308 Å². The summed E-state index contributed by atoms with van der Waals surface area (Å²) < 4.78 is 0. The maximum absolute atomic E-state index is 2.40. The van der Waals surface area contributed by atoms with Crippen LogP contribution in [0.25, 0.3) is 10.8 Å². The molecule has 346 valence electrons. The largest absolute Gasteiger partial charge is 0.311 e. The van der Waals surface area contributed by atoms with E-state index in [1.165, 1.54) is 27.6 Å². The number of benzene rings is 9. The Morgan fingerprint density at radius 3 is 1.40 bits per heavy atom. The minimum Gasteiger partial charge on any atom is -0.311 e. The summed E-state index contributed by atoms with van der Waals surface area (Å²) in [5, 5.41) is 2.43. The second-order valence-electron chi connectivity index (χ2n) is 18.5. The van der Waals surface area contributed by atoms with Gasteiger partial charge in [-0.3, -0.25) is 0 Å². The molecular formula is C68H54N4. The monoisotopic (exact) mass is 926 g/mol. The van der Waals surface area contributed by atoms with E-state index in [1.807, 2.05) is 0 Å². The zero-order chi connectivity index (χ0) is 48.1. The van der Waals surface area contributed by atoms with Gasteiger partial charge in [-0.25, -0.2) is 0 Å². The van der Waals surface area contributed by atoms with Crippen molar-refractivity contribution in [2.45, 2.75) is 18.8 Å². The van der Waals surface area contributed by atoms with Crippen LogP contribution in [-0.2, 0) is 0 Å². The van der Waals surface area contributed by atoms with E-state index >= 15 is 0 Å². The number of hydrogen-bond acceptors (Lipinski definition) is 4. The van der Waals surface area contributed by atoms with Crippen LogP contribution in [0, 0.1) is 5.92 Å². The molecule has 0 amide bonds. The molecular weight excluding hydrogens is 873 g/mol. The van der Waals surface area contributed by atoms with E-state index in [9.17, 15) is 0 Å². The van der Waals surface area contributed by atoms with Crippen molar-refractivity contribution < 1.29 is 0 Å². The minimum absolute atomic E-state index is 0.246. The molecule has 0 fully saturated rings. The lowest BCUT2D eigenvalue weighted by Crippen LogP contribution is -2.23. The average Bonchev–Trinajstić information content (AvgIpc) is 3.46. The Hall–Kier alpha value is -9.12.